The molecule has 3 amide bonds. The van der Waals surface area contributed by atoms with Gasteiger partial charge in [-0.1, -0.05) is 18.2 Å². The summed E-state index contributed by atoms with van der Waals surface area (Å²) in [4.78, 5) is 36.1. The van der Waals surface area contributed by atoms with E-state index in [-0.39, 0.29) is 25.4 Å². The molecule has 0 radical (unpaired) electrons. The van der Waals surface area contributed by atoms with E-state index >= 15 is 0 Å². The van der Waals surface area contributed by atoms with E-state index in [1.54, 1.807) is 39.0 Å². The molecule has 8 nitrogen and oxygen atoms in total. The number of phenols is 1. The van der Waals surface area contributed by atoms with Gasteiger partial charge in [0.1, 0.15) is 17.9 Å². The summed E-state index contributed by atoms with van der Waals surface area (Å²) in [5, 5.41) is 12.1. The van der Waals surface area contributed by atoms with Gasteiger partial charge in [0.05, 0.1) is 6.54 Å². The van der Waals surface area contributed by atoms with Gasteiger partial charge in [-0.3, -0.25) is 9.59 Å². The quantitative estimate of drug-likeness (QED) is 0.706. The summed E-state index contributed by atoms with van der Waals surface area (Å²) in [6, 6.07) is 6.43. The van der Waals surface area contributed by atoms with Crippen LogP contribution in [0.1, 0.15) is 26.3 Å². The van der Waals surface area contributed by atoms with Crippen LogP contribution < -0.4 is 11.1 Å². The third kappa shape index (κ3) is 6.99. The van der Waals surface area contributed by atoms with E-state index in [2.05, 4.69) is 5.32 Å². The maximum absolute atomic E-state index is 12.2. The lowest BCUT2D eigenvalue weighted by atomic mass is 10.2. The van der Waals surface area contributed by atoms with Crippen molar-refractivity contribution in [1.29, 1.82) is 0 Å². The SMILES string of the molecule is CC(C)(C)OC(=O)NCC(=O)N(CC(N)=O)Cc1ccccc1O. The largest absolute Gasteiger partial charge is 0.508 e. The zero-order valence-electron chi connectivity index (χ0n) is 14.0. The monoisotopic (exact) mass is 337 g/mol. The number of phenolic OH excluding ortho intramolecular Hbond substituents is 1. The zero-order chi connectivity index (χ0) is 18.3. The van der Waals surface area contributed by atoms with Gasteiger partial charge in [-0.2, -0.15) is 0 Å². The fourth-order valence-electron chi connectivity index (χ4n) is 1.84. The number of carbonyl (C=O) groups is 3. The summed E-state index contributed by atoms with van der Waals surface area (Å²) in [7, 11) is 0. The molecule has 132 valence electrons. The number of para-hydroxylation sites is 1. The highest BCUT2D eigenvalue weighted by atomic mass is 16.6. The molecule has 0 heterocycles. The Hall–Kier alpha value is -2.77. The lowest BCUT2D eigenvalue weighted by Crippen LogP contribution is -2.44. The number of aromatic hydroxyl groups is 1. The van der Waals surface area contributed by atoms with Crippen molar-refractivity contribution in [2.45, 2.75) is 32.9 Å². The first-order valence-electron chi connectivity index (χ1n) is 7.38. The van der Waals surface area contributed by atoms with E-state index in [1.165, 1.54) is 6.07 Å². The van der Waals surface area contributed by atoms with Crippen LogP contribution in [-0.4, -0.2) is 46.6 Å². The number of amides is 3. The summed E-state index contributed by atoms with van der Waals surface area (Å²) < 4.78 is 5.03. The van der Waals surface area contributed by atoms with Crippen molar-refractivity contribution in [2.75, 3.05) is 13.1 Å². The number of primary amides is 1. The molecule has 0 fully saturated rings. The van der Waals surface area contributed by atoms with E-state index in [4.69, 9.17) is 10.5 Å². The van der Waals surface area contributed by atoms with Gasteiger partial charge in [0.2, 0.25) is 11.8 Å². The highest BCUT2D eigenvalue weighted by Gasteiger charge is 2.20. The van der Waals surface area contributed by atoms with Crippen LogP contribution in [0.25, 0.3) is 0 Å². The summed E-state index contributed by atoms with van der Waals surface area (Å²) >= 11 is 0. The first kappa shape index (κ1) is 19.3. The number of carbonyl (C=O) groups excluding carboxylic acids is 3. The van der Waals surface area contributed by atoms with Crippen LogP contribution in [0.2, 0.25) is 0 Å². The first-order valence-corrected chi connectivity index (χ1v) is 7.38. The average Bonchev–Trinajstić information content (AvgIpc) is 2.44. The maximum atomic E-state index is 12.2. The van der Waals surface area contributed by atoms with Crippen molar-refractivity contribution >= 4 is 17.9 Å². The molecule has 0 saturated carbocycles. The van der Waals surface area contributed by atoms with Crippen LogP contribution >= 0.6 is 0 Å². The van der Waals surface area contributed by atoms with Crippen molar-refractivity contribution in [1.82, 2.24) is 10.2 Å². The van der Waals surface area contributed by atoms with Gasteiger partial charge >= 0.3 is 6.09 Å². The Bertz CT molecular complexity index is 610. The Morgan fingerprint density at radius 1 is 1.25 bits per heavy atom. The van der Waals surface area contributed by atoms with Crippen LogP contribution in [-0.2, 0) is 20.9 Å². The second-order valence-corrected chi connectivity index (χ2v) is 6.20. The smallest absolute Gasteiger partial charge is 0.408 e. The number of alkyl carbamates (subject to hydrolysis) is 1. The van der Waals surface area contributed by atoms with E-state index in [0.29, 0.717) is 5.56 Å². The van der Waals surface area contributed by atoms with Crippen molar-refractivity contribution in [3.63, 3.8) is 0 Å². The van der Waals surface area contributed by atoms with Gasteiger partial charge < -0.3 is 25.8 Å². The highest BCUT2D eigenvalue weighted by Crippen LogP contribution is 2.17. The number of nitrogens with zero attached hydrogens (tertiary/aromatic N) is 1. The van der Waals surface area contributed by atoms with Crippen LogP contribution in [0.5, 0.6) is 5.75 Å². The first-order chi connectivity index (χ1) is 11.1. The van der Waals surface area contributed by atoms with Crippen molar-refractivity contribution in [3.05, 3.63) is 29.8 Å². The Balaban J connectivity index is 2.70. The third-order valence-electron chi connectivity index (χ3n) is 2.84. The molecule has 1 rings (SSSR count). The Kier molecular flexibility index (Phi) is 6.58. The summed E-state index contributed by atoms with van der Waals surface area (Å²) in [6.07, 6.45) is -0.738. The predicted octanol–water partition coefficient (Wildman–Crippen LogP) is 0.731. The topological polar surface area (TPSA) is 122 Å². The van der Waals surface area contributed by atoms with Crippen LogP contribution in [0.3, 0.4) is 0 Å². The van der Waals surface area contributed by atoms with Gasteiger partial charge in [0.15, 0.2) is 0 Å². The van der Waals surface area contributed by atoms with Gasteiger partial charge in [0, 0.05) is 12.1 Å². The van der Waals surface area contributed by atoms with Crippen LogP contribution in [0.4, 0.5) is 4.79 Å². The van der Waals surface area contributed by atoms with Gasteiger partial charge in [-0.15, -0.1) is 0 Å². The Morgan fingerprint density at radius 3 is 2.42 bits per heavy atom. The summed E-state index contributed by atoms with van der Waals surface area (Å²) in [5.41, 5.74) is 4.93. The number of hydrogen-bond donors (Lipinski definition) is 3. The minimum atomic E-state index is -0.738. The standard InChI is InChI=1S/C16H23N3O5/c1-16(2,3)24-15(23)18-8-14(22)19(10-13(17)21)9-11-6-4-5-7-12(11)20/h4-7,20H,8-10H2,1-3H3,(H2,17,21)(H,18,23). The second kappa shape index (κ2) is 8.19. The maximum Gasteiger partial charge on any atom is 0.408 e. The number of nitrogens with two attached hydrogens (primary N) is 1. The fourth-order valence-corrected chi connectivity index (χ4v) is 1.84. The van der Waals surface area contributed by atoms with Gasteiger partial charge in [-0.05, 0) is 26.8 Å². The minimum Gasteiger partial charge on any atom is -0.508 e. The number of ether oxygens (including phenoxy) is 1. The molecule has 0 aliphatic heterocycles. The molecule has 0 spiro atoms. The van der Waals surface area contributed by atoms with Crippen molar-refractivity contribution < 1.29 is 24.2 Å². The van der Waals surface area contributed by atoms with E-state index < -0.39 is 23.5 Å². The molecule has 4 N–H and O–H groups in total. The lowest BCUT2D eigenvalue weighted by Gasteiger charge is -2.23. The molecule has 0 saturated heterocycles. The average molecular weight is 337 g/mol. The molecule has 0 aromatic heterocycles. The zero-order valence-corrected chi connectivity index (χ0v) is 14.0. The Morgan fingerprint density at radius 2 is 1.88 bits per heavy atom. The summed E-state index contributed by atoms with van der Waals surface area (Å²) in [5.74, 6) is -1.22. The third-order valence-corrected chi connectivity index (χ3v) is 2.84. The molecular weight excluding hydrogens is 314 g/mol. The molecular formula is C16H23N3O5. The van der Waals surface area contributed by atoms with Crippen molar-refractivity contribution in [2.24, 2.45) is 5.73 Å². The molecule has 0 aliphatic rings. The molecule has 8 heteroatoms. The number of hydrogen-bond acceptors (Lipinski definition) is 5. The van der Waals surface area contributed by atoms with E-state index in [1.807, 2.05) is 0 Å². The molecule has 1 aromatic rings. The lowest BCUT2D eigenvalue weighted by molar-refractivity contribution is -0.135. The molecule has 24 heavy (non-hydrogen) atoms. The molecule has 0 aliphatic carbocycles. The number of nitrogens with one attached hydrogen (secondary N) is 1. The highest BCUT2D eigenvalue weighted by molar-refractivity contribution is 5.86. The number of benzene rings is 1. The number of rotatable bonds is 6. The van der Waals surface area contributed by atoms with Crippen molar-refractivity contribution in [3.8, 4) is 5.75 Å². The van der Waals surface area contributed by atoms with Crippen LogP contribution in [0.15, 0.2) is 24.3 Å². The second-order valence-electron chi connectivity index (χ2n) is 6.20. The predicted molar refractivity (Wildman–Crippen MR) is 87.0 cm³/mol. The van der Waals surface area contributed by atoms with E-state index in [0.717, 1.165) is 4.90 Å². The molecule has 0 atom stereocenters. The molecule has 1 aromatic carbocycles. The summed E-state index contributed by atoms with van der Waals surface area (Å²) in [6.45, 7) is 4.41. The normalized spacial score (nSPS) is 10.8. The van der Waals surface area contributed by atoms with E-state index in [9.17, 15) is 19.5 Å². The minimum absolute atomic E-state index is 0.000119. The molecule has 0 bridgehead atoms. The Labute approximate surface area is 140 Å². The van der Waals surface area contributed by atoms with Gasteiger partial charge in [-0.25, -0.2) is 4.79 Å². The fraction of sp³-hybridized carbons (Fsp3) is 0.438. The van der Waals surface area contributed by atoms with Gasteiger partial charge in [0.25, 0.3) is 0 Å². The molecule has 0 unspecified atom stereocenters. The van der Waals surface area contributed by atoms with Crippen LogP contribution in [0, 0.1) is 0 Å².